The predicted molar refractivity (Wildman–Crippen MR) is 72.2 cm³/mol. The summed E-state index contributed by atoms with van der Waals surface area (Å²) in [6.45, 7) is 2.13. The number of benzene rings is 1. The second-order valence-electron chi connectivity index (χ2n) is 5.52. The van der Waals surface area contributed by atoms with E-state index in [2.05, 4.69) is 17.0 Å². The average Bonchev–Trinajstić information content (AvgIpc) is 2.39. The van der Waals surface area contributed by atoms with E-state index < -0.39 is 0 Å². The van der Waals surface area contributed by atoms with E-state index in [4.69, 9.17) is 5.73 Å². The summed E-state index contributed by atoms with van der Waals surface area (Å²) < 4.78 is 0. The first-order chi connectivity index (χ1) is 8.72. The molecule has 0 bridgehead atoms. The third kappa shape index (κ3) is 2.27. The number of hydrogen-bond acceptors (Lipinski definition) is 3. The quantitative estimate of drug-likeness (QED) is 0.770. The van der Waals surface area contributed by atoms with E-state index >= 15 is 0 Å². The van der Waals surface area contributed by atoms with Gasteiger partial charge in [0.2, 0.25) is 0 Å². The molecule has 0 amide bonds. The van der Waals surface area contributed by atoms with Gasteiger partial charge in [-0.3, -0.25) is 9.69 Å². The molecule has 18 heavy (non-hydrogen) atoms. The van der Waals surface area contributed by atoms with Crippen LogP contribution in [0.15, 0.2) is 18.2 Å². The van der Waals surface area contributed by atoms with E-state index in [9.17, 15) is 4.79 Å². The smallest absolute Gasteiger partial charge is 0.133 e. The van der Waals surface area contributed by atoms with Crippen molar-refractivity contribution in [1.82, 2.24) is 4.90 Å². The highest BCUT2D eigenvalue weighted by Gasteiger charge is 2.27. The number of fused-ring (bicyclic) bond motifs is 1. The number of rotatable bonds is 1. The van der Waals surface area contributed by atoms with Crippen molar-refractivity contribution in [1.29, 1.82) is 0 Å². The molecule has 0 aromatic heterocycles. The van der Waals surface area contributed by atoms with E-state index in [1.165, 1.54) is 11.1 Å². The molecule has 3 nitrogen and oxygen atoms in total. The van der Waals surface area contributed by atoms with E-state index in [0.29, 0.717) is 11.8 Å². The Morgan fingerprint density at radius 2 is 1.89 bits per heavy atom. The van der Waals surface area contributed by atoms with Gasteiger partial charge in [0.15, 0.2) is 0 Å². The van der Waals surface area contributed by atoms with Gasteiger partial charge in [0.05, 0.1) is 0 Å². The van der Waals surface area contributed by atoms with Crippen molar-refractivity contribution in [3.63, 3.8) is 0 Å². The molecule has 0 unspecified atom stereocenters. The van der Waals surface area contributed by atoms with E-state index in [1.54, 1.807) is 0 Å². The second kappa shape index (κ2) is 4.73. The highest BCUT2D eigenvalue weighted by Crippen LogP contribution is 2.27. The number of hydrogen-bond donors (Lipinski definition) is 1. The lowest BCUT2D eigenvalue weighted by Gasteiger charge is -2.37. The van der Waals surface area contributed by atoms with Crippen LogP contribution in [0.25, 0.3) is 0 Å². The summed E-state index contributed by atoms with van der Waals surface area (Å²) in [5, 5.41) is 0. The van der Waals surface area contributed by atoms with Crippen LogP contribution in [-0.4, -0.2) is 23.3 Å². The Morgan fingerprint density at radius 1 is 1.11 bits per heavy atom. The van der Waals surface area contributed by atoms with Crippen LogP contribution in [0.4, 0.5) is 5.69 Å². The van der Waals surface area contributed by atoms with Crippen LogP contribution in [-0.2, 0) is 17.8 Å². The van der Waals surface area contributed by atoms with Crippen LogP contribution in [0.5, 0.6) is 0 Å². The first kappa shape index (κ1) is 11.7. The topological polar surface area (TPSA) is 46.3 Å². The Bertz CT molecular complexity index is 460. The predicted octanol–water partition coefficient (Wildman–Crippen LogP) is 2.14. The number of anilines is 1. The van der Waals surface area contributed by atoms with Crippen LogP contribution >= 0.6 is 0 Å². The molecule has 0 atom stereocenters. The van der Waals surface area contributed by atoms with Crippen LogP contribution in [0.3, 0.4) is 0 Å². The number of carbonyl (C=O) groups excluding carboxylic acids is 1. The molecule has 1 heterocycles. The van der Waals surface area contributed by atoms with Crippen LogP contribution in [0.1, 0.15) is 36.8 Å². The van der Waals surface area contributed by atoms with Crippen molar-refractivity contribution in [3.8, 4) is 0 Å². The SMILES string of the molecule is Nc1ccc2c(c1)CCN(C1CCC(=O)CC1)C2. The van der Waals surface area contributed by atoms with Gasteiger partial charge >= 0.3 is 0 Å². The number of nitrogens with two attached hydrogens (primary N) is 1. The molecule has 3 heteroatoms. The molecule has 0 saturated heterocycles. The minimum absolute atomic E-state index is 0.441. The zero-order valence-corrected chi connectivity index (χ0v) is 10.7. The largest absolute Gasteiger partial charge is 0.399 e. The maximum absolute atomic E-state index is 11.3. The minimum atomic E-state index is 0.441. The van der Waals surface area contributed by atoms with E-state index in [0.717, 1.165) is 50.9 Å². The maximum Gasteiger partial charge on any atom is 0.133 e. The first-order valence-electron chi connectivity index (χ1n) is 6.85. The Balaban J connectivity index is 1.71. The molecular formula is C15H20N2O. The molecule has 1 saturated carbocycles. The van der Waals surface area contributed by atoms with Crippen LogP contribution in [0, 0.1) is 0 Å². The van der Waals surface area contributed by atoms with Gasteiger partial charge in [-0.25, -0.2) is 0 Å². The lowest BCUT2D eigenvalue weighted by molar-refractivity contribution is -0.121. The molecule has 0 spiro atoms. The van der Waals surface area contributed by atoms with Gasteiger partial charge in [0.1, 0.15) is 5.78 Å². The number of ketones is 1. The fraction of sp³-hybridized carbons (Fsp3) is 0.533. The summed E-state index contributed by atoms with van der Waals surface area (Å²) in [5.74, 6) is 0.441. The highest BCUT2D eigenvalue weighted by atomic mass is 16.1. The highest BCUT2D eigenvalue weighted by molar-refractivity contribution is 5.79. The van der Waals surface area contributed by atoms with Crippen molar-refractivity contribution in [3.05, 3.63) is 29.3 Å². The van der Waals surface area contributed by atoms with Gasteiger partial charge in [-0.05, 0) is 42.5 Å². The monoisotopic (exact) mass is 244 g/mol. The number of nitrogen functional groups attached to an aromatic ring is 1. The molecular weight excluding hydrogens is 224 g/mol. The molecule has 0 radical (unpaired) electrons. The number of carbonyl (C=O) groups is 1. The zero-order valence-electron chi connectivity index (χ0n) is 10.7. The lowest BCUT2D eigenvalue weighted by Crippen LogP contribution is -2.41. The van der Waals surface area contributed by atoms with Gasteiger partial charge in [-0.1, -0.05) is 6.07 Å². The number of nitrogens with zero attached hydrogens (tertiary/aromatic N) is 1. The van der Waals surface area contributed by atoms with Gasteiger partial charge in [-0.15, -0.1) is 0 Å². The molecule has 1 aromatic carbocycles. The van der Waals surface area contributed by atoms with Crippen molar-refractivity contribution >= 4 is 11.5 Å². The second-order valence-corrected chi connectivity index (χ2v) is 5.52. The Hall–Kier alpha value is -1.35. The Morgan fingerprint density at radius 3 is 2.67 bits per heavy atom. The van der Waals surface area contributed by atoms with Crippen molar-refractivity contribution in [2.45, 2.75) is 44.7 Å². The van der Waals surface area contributed by atoms with E-state index in [-0.39, 0.29) is 0 Å². The van der Waals surface area contributed by atoms with Crippen molar-refractivity contribution in [2.24, 2.45) is 0 Å². The van der Waals surface area contributed by atoms with Gasteiger partial charge < -0.3 is 5.73 Å². The summed E-state index contributed by atoms with van der Waals surface area (Å²) in [5.41, 5.74) is 9.50. The Labute approximate surface area is 108 Å². The molecule has 2 N–H and O–H groups in total. The molecule has 96 valence electrons. The van der Waals surface area contributed by atoms with Crippen molar-refractivity contribution in [2.75, 3.05) is 12.3 Å². The van der Waals surface area contributed by atoms with Gasteiger partial charge in [-0.2, -0.15) is 0 Å². The summed E-state index contributed by atoms with van der Waals surface area (Å²) in [7, 11) is 0. The molecule has 1 fully saturated rings. The Kier molecular flexibility index (Phi) is 3.08. The van der Waals surface area contributed by atoms with Gasteiger partial charge in [0, 0.05) is 37.7 Å². The summed E-state index contributed by atoms with van der Waals surface area (Å²) in [6, 6.07) is 6.86. The van der Waals surface area contributed by atoms with Crippen LogP contribution < -0.4 is 5.73 Å². The minimum Gasteiger partial charge on any atom is -0.399 e. The molecule has 1 aromatic rings. The normalized spacial score (nSPS) is 21.9. The first-order valence-corrected chi connectivity index (χ1v) is 6.85. The summed E-state index contributed by atoms with van der Waals surface area (Å²) in [4.78, 5) is 13.8. The van der Waals surface area contributed by atoms with E-state index in [1.807, 2.05) is 6.07 Å². The maximum atomic E-state index is 11.3. The van der Waals surface area contributed by atoms with Gasteiger partial charge in [0.25, 0.3) is 0 Å². The zero-order chi connectivity index (χ0) is 12.5. The standard InChI is InChI=1S/C15H20N2O/c16-13-2-1-12-10-17(8-7-11(12)9-13)14-3-5-15(18)6-4-14/h1-2,9,14H,3-8,10,16H2. The third-order valence-electron chi connectivity index (χ3n) is 4.30. The van der Waals surface area contributed by atoms with Crippen LogP contribution in [0.2, 0.25) is 0 Å². The average molecular weight is 244 g/mol. The summed E-state index contributed by atoms with van der Waals surface area (Å²) >= 11 is 0. The van der Waals surface area contributed by atoms with Crippen molar-refractivity contribution < 1.29 is 4.79 Å². The molecule has 1 aliphatic heterocycles. The summed E-state index contributed by atoms with van der Waals surface area (Å²) in [6.07, 6.45) is 4.72. The molecule has 3 rings (SSSR count). The fourth-order valence-corrected chi connectivity index (χ4v) is 3.20. The fourth-order valence-electron chi connectivity index (χ4n) is 3.20. The number of Topliss-reactive ketones (excluding diaryl/α,β-unsaturated/α-hetero) is 1. The third-order valence-corrected chi connectivity index (χ3v) is 4.30. The lowest BCUT2D eigenvalue weighted by atomic mass is 9.90. The molecule has 1 aliphatic carbocycles. The molecule has 2 aliphatic rings.